The lowest BCUT2D eigenvalue weighted by molar-refractivity contribution is -0.127. The summed E-state index contributed by atoms with van der Waals surface area (Å²) in [5.41, 5.74) is -0.548. The summed E-state index contributed by atoms with van der Waals surface area (Å²) in [6, 6.07) is 0. The van der Waals surface area contributed by atoms with Crippen molar-refractivity contribution in [2.45, 2.75) is 53.1 Å². The largest absolute Gasteiger partial charge is 0.443 e. The topological polar surface area (TPSA) is 46.6 Å². The second kappa shape index (κ2) is 5.07. The standard InChI is InChI=1S/C13H23NO3/c1-9(2)6-10-7-11(15)14(8-10)12(16)17-13(3,4)5/h9-10H,6-8H2,1-5H3. The lowest BCUT2D eigenvalue weighted by Crippen LogP contribution is -2.37. The first-order chi connectivity index (χ1) is 7.69. The third-order valence-corrected chi connectivity index (χ3v) is 2.62. The van der Waals surface area contributed by atoms with Gasteiger partial charge >= 0.3 is 6.09 Å². The summed E-state index contributed by atoms with van der Waals surface area (Å²) in [5, 5.41) is 0. The third-order valence-electron chi connectivity index (χ3n) is 2.62. The number of hydrogen-bond acceptors (Lipinski definition) is 3. The smallest absolute Gasteiger partial charge is 0.417 e. The highest BCUT2D eigenvalue weighted by molar-refractivity contribution is 5.93. The fraction of sp³-hybridized carbons (Fsp3) is 0.846. The molecular formula is C13H23NO3. The first-order valence-electron chi connectivity index (χ1n) is 6.22. The van der Waals surface area contributed by atoms with Gasteiger partial charge in [-0.2, -0.15) is 0 Å². The zero-order valence-electron chi connectivity index (χ0n) is 11.4. The number of likely N-dealkylation sites (tertiary alicyclic amines) is 1. The molecule has 0 aliphatic carbocycles. The molecule has 0 saturated carbocycles. The van der Waals surface area contributed by atoms with Crippen LogP contribution in [0.25, 0.3) is 0 Å². The van der Waals surface area contributed by atoms with Gasteiger partial charge in [-0.3, -0.25) is 4.79 Å². The van der Waals surface area contributed by atoms with E-state index in [1.54, 1.807) is 20.8 Å². The van der Waals surface area contributed by atoms with Gasteiger partial charge in [-0.05, 0) is 39.0 Å². The van der Waals surface area contributed by atoms with Crippen LogP contribution >= 0.6 is 0 Å². The fourth-order valence-electron chi connectivity index (χ4n) is 2.10. The molecule has 17 heavy (non-hydrogen) atoms. The Morgan fingerprint density at radius 1 is 1.47 bits per heavy atom. The summed E-state index contributed by atoms with van der Waals surface area (Å²) >= 11 is 0. The Bertz CT molecular complexity index is 304. The molecular weight excluding hydrogens is 218 g/mol. The lowest BCUT2D eigenvalue weighted by Gasteiger charge is -2.23. The molecule has 4 heteroatoms. The van der Waals surface area contributed by atoms with Gasteiger partial charge in [0.1, 0.15) is 5.60 Å². The molecule has 0 radical (unpaired) electrons. The van der Waals surface area contributed by atoms with Crippen LogP contribution < -0.4 is 0 Å². The molecule has 1 rings (SSSR count). The van der Waals surface area contributed by atoms with E-state index in [-0.39, 0.29) is 11.8 Å². The van der Waals surface area contributed by atoms with E-state index in [0.29, 0.717) is 18.9 Å². The summed E-state index contributed by atoms with van der Waals surface area (Å²) in [7, 11) is 0. The number of carbonyl (C=O) groups is 2. The van der Waals surface area contributed by atoms with Crippen molar-refractivity contribution in [3.8, 4) is 0 Å². The maximum atomic E-state index is 11.8. The zero-order valence-corrected chi connectivity index (χ0v) is 11.4. The number of hydrogen-bond donors (Lipinski definition) is 0. The van der Waals surface area contributed by atoms with Crippen molar-refractivity contribution in [3.63, 3.8) is 0 Å². The van der Waals surface area contributed by atoms with Gasteiger partial charge in [0.2, 0.25) is 5.91 Å². The van der Waals surface area contributed by atoms with E-state index in [1.807, 2.05) is 0 Å². The van der Waals surface area contributed by atoms with E-state index >= 15 is 0 Å². The van der Waals surface area contributed by atoms with E-state index in [9.17, 15) is 9.59 Å². The third kappa shape index (κ3) is 4.36. The molecule has 0 N–H and O–H groups in total. The quantitative estimate of drug-likeness (QED) is 0.746. The van der Waals surface area contributed by atoms with Gasteiger partial charge in [0, 0.05) is 13.0 Å². The van der Waals surface area contributed by atoms with Crippen molar-refractivity contribution in [1.82, 2.24) is 4.90 Å². The van der Waals surface area contributed by atoms with E-state index in [1.165, 1.54) is 4.90 Å². The van der Waals surface area contributed by atoms with E-state index < -0.39 is 11.7 Å². The average molecular weight is 241 g/mol. The van der Waals surface area contributed by atoms with Crippen molar-refractivity contribution in [1.29, 1.82) is 0 Å². The van der Waals surface area contributed by atoms with Gasteiger partial charge in [0.15, 0.2) is 0 Å². The summed E-state index contributed by atoms with van der Waals surface area (Å²) in [6.07, 6.45) is 0.941. The molecule has 1 unspecified atom stereocenters. The highest BCUT2D eigenvalue weighted by atomic mass is 16.6. The van der Waals surface area contributed by atoms with Crippen LogP contribution in [0.2, 0.25) is 0 Å². The molecule has 1 atom stereocenters. The van der Waals surface area contributed by atoms with Crippen molar-refractivity contribution < 1.29 is 14.3 Å². The minimum absolute atomic E-state index is 0.107. The predicted molar refractivity (Wildman–Crippen MR) is 65.5 cm³/mol. The molecule has 0 aromatic carbocycles. The average Bonchev–Trinajstić information content (AvgIpc) is 2.42. The Hall–Kier alpha value is -1.06. The van der Waals surface area contributed by atoms with Gasteiger partial charge < -0.3 is 4.74 Å². The molecule has 2 amide bonds. The minimum Gasteiger partial charge on any atom is -0.443 e. The highest BCUT2D eigenvalue weighted by Gasteiger charge is 2.36. The Kier molecular flexibility index (Phi) is 4.17. The molecule has 0 aromatic heterocycles. The Morgan fingerprint density at radius 2 is 2.06 bits per heavy atom. The van der Waals surface area contributed by atoms with E-state index in [4.69, 9.17) is 4.74 Å². The number of rotatable bonds is 2. The van der Waals surface area contributed by atoms with Gasteiger partial charge in [-0.25, -0.2) is 9.69 Å². The van der Waals surface area contributed by atoms with Crippen LogP contribution in [0.3, 0.4) is 0 Å². The molecule has 0 spiro atoms. The number of imide groups is 1. The van der Waals surface area contributed by atoms with Crippen LogP contribution in [-0.4, -0.2) is 29.0 Å². The van der Waals surface area contributed by atoms with Gasteiger partial charge in [-0.15, -0.1) is 0 Å². The molecule has 1 aliphatic rings. The second-order valence-corrected chi connectivity index (χ2v) is 6.18. The second-order valence-electron chi connectivity index (χ2n) is 6.18. The lowest BCUT2D eigenvalue weighted by atomic mass is 9.96. The normalized spacial score (nSPS) is 21.2. The molecule has 1 aliphatic heterocycles. The maximum absolute atomic E-state index is 11.8. The van der Waals surface area contributed by atoms with E-state index in [2.05, 4.69) is 13.8 Å². The molecule has 0 bridgehead atoms. The monoisotopic (exact) mass is 241 g/mol. The maximum Gasteiger partial charge on any atom is 0.417 e. The fourth-order valence-corrected chi connectivity index (χ4v) is 2.10. The van der Waals surface area contributed by atoms with Crippen LogP contribution in [0.15, 0.2) is 0 Å². The SMILES string of the molecule is CC(C)CC1CC(=O)N(C(=O)OC(C)(C)C)C1. The molecule has 1 saturated heterocycles. The Morgan fingerprint density at radius 3 is 2.53 bits per heavy atom. The van der Waals surface area contributed by atoms with Crippen molar-refractivity contribution in [2.75, 3.05) is 6.54 Å². The van der Waals surface area contributed by atoms with Crippen molar-refractivity contribution in [3.05, 3.63) is 0 Å². The van der Waals surface area contributed by atoms with Crippen LogP contribution in [-0.2, 0) is 9.53 Å². The van der Waals surface area contributed by atoms with Crippen LogP contribution in [0.4, 0.5) is 4.79 Å². The summed E-state index contributed by atoms with van der Waals surface area (Å²) in [6.45, 7) is 10.2. The number of amides is 2. The summed E-state index contributed by atoms with van der Waals surface area (Å²) < 4.78 is 5.21. The predicted octanol–water partition coefficient (Wildman–Crippen LogP) is 2.82. The van der Waals surface area contributed by atoms with Gasteiger partial charge in [-0.1, -0.05) is 13.8 Å². The first kappa shape index (κ1) is 14.0. The van der Waals surface area contributed by atoms with E-state index in [0.717, 1.165) is 6.42 Å². The Labute approximate surface area is 103 Å². The zero-order chi connectivity index (χ0) is 13.2. The van der Waals surface area contributed by atoms with Crippen molar-refractivity contribution >= 4 is 12.0 Å². The number of nitrogens with zero attached hydrogens (tertiary/aromatic N) is 1. The van der Waals surface area contributed by atoms with Gasteiger partial charge in [0.05, 0.1) is 0 Å². The first-order valence-corrected chi connectivity index (χ1v) is 6.22. The summed E-state index contributed by atoms with van der Waals surface area (Å²) in [5.74, 6) is 0.728. The molecule has 98 valence electrons. The number of carbonyl (C=O) groups excluding carboxylic acids is 2. The molecule has 1 heterocycles. The molecule has 0 aromatic rings. The van der Waals surface area contributed by atoms with Crippen LogP contribution in [0, 0.1) is 11.8 Å². The summed E-state index contributed by atoms with van der Waals surface area (Å²) in [4.78, 5) is 24.8. The van der Waals surface area contributed by atoms with Crippen LogP contribution in [0.1, 0.15) is 47.5 Å². The van der Waals surface area contributed by atoms with Crippen molar-refractivity contribution in [2.24, 2.45) is 11.8 Å². The van der Waals surface area contributed by atoms with Crippen LogP contribution in [0.5, 0.6) is 0 Å². The highest BCUT2D eigenvalue weighted by Crippen LogP contribution is 2.25. The molecule has 1 fully saturated rings. The number of ether oxygens (including phenoxy) is 1. The Balaban J connectivity index is 2.56. The minimum atomic E-state index is -0.548. The van der Waals surface area contributed by atoms with Gasteiger partial charge in [0.25, 0.3) is 0 Å². The molecule has 4 nitrogen and oxygen atoms in total.